The van der Waals surface area contributed by atoms with Gasteiger partial charge in [0.05, 0.1) is 6.04 Å². The number of halogens is 1. The minimum Gasteiger partial charge on any atom is -0.246 e. The number of hydrogen-bond donors (Lipinski definition) is 0. The largest absolute Gasteiger partial charge is 0.246 e. The van der Waals surface area contributed by atoms with E-state index < -0.39 is 5.57 Å². The molecular weight excluding hydrogens is 240 g/mol. The van der Waals surface area contributed by atoms with Crippen molar-refractivity contribution in [1.29, 1.82) is 0 Å². The summed E-state index contributed by atoms with van der Waals surface area (Å²) in [6.07, 6.45) is 0.979. The molecule has 1 aliphatic rings. The molecule has 5 heteroatoms. The van der Waals surface area contributed by atoms with Crippen molar-refractivity contribution < 1.29 is 4.39 Å². The van der Waals surface area contributed by atoms with Crippen molar-refractivity contribution in [3.8, 4) is 0 Å². The van der Waals surface area contributed by atoms with Crippen molar-refractivity contribution in [1.82, 2.24) is 14.8 Å². The number of nitrogens with zero attached hydrogens (tertiary/aromatic N) is 3. The van der Waals surface area contributed by atoms with Gasteiger partial charge in [0.1, 0.15) is 11.4 Å². The first-order valence-electron chi connectivity index (χ1n) is 6.67. The average Bonchev–Trinajstić information content (AvgIpc) is 2.91. The first kappa shape index (κ1) is 12.4. The molecule has 0 aliphatic carbocycles. The lowest BCUT2D eigenvalue weighted by Crippen LogP contribution is -2.18. The van der Waals surface area contributed by atoms with Gasteiger partial charge in [0.2, 0.25) is 0 Å². The minimum atomic E-state index is -1.49. The fraction of sp³-hybridized carbons (Fsp3) is 0.429. The van der Waals surface area contributed by atoms with Crippen LogP contribution in [0.25, 0.3) is 0 Å². The van der Waals surface area contributed by atoms with Crippen LogP contribution in [-0.4, -0.2) is 22.6 Å². The van der Waals surface area contributed by atoms with E-state index in [0.29, 0.717) is 5.92 Å². The molecule has 1 aromatic carbocycles. The van der Waals surface area contributed by atoms with Gasteiger partial charge >= 0.3 is 0 Å². The highest BCUT2D eigenvalue weighted by Gasteiger charge is 2.35. The third-order valence-corrected chi connectivity index (χ3v) is 3.69. The molecule has 1 aliphatic heterocycles. The molecule has 2 aromatic rings. The molecule has 3 unspecified atom stereocenters. The van der Waals surface area contributed by atoms with Crippen LogP contribution < -0.4 is 0 Å². The van der Waals surface area contributed by atoms with Gasteiger partial charge in [0.25, 0.3) is 0 Å². The second-order valence-corrected chi connectivity index (χ2v) is 5.77. The number of hydrogen-bond acceptors (Lipinski definition) is 2. The average molecular weight is 257 g/mol. The summed E-state index contributed by atoms with van der Waals surface area (Å²) in [5, 5.41) is 4.40. The molecule has 19 heavy (non-hydrogen) atoms. The van der Waals surface area contributed by atoms with Crippen molar-refractivity contribution in [2.24, 2.45) is 0 Å². The molecule has 0 spiro atoms. The number of benzene rings is 1. The number of alkyl halides is 1. The summed E-state index contributed by atoms with van der Waals surface area (Å²) in [7, 11) is 1.50. The SMILES string of the molecule is BC(C)(F)c1nc2n(n1)C(c1ccccc1)CC2C. The van der Waals surface area contributed by atoms with Crippen LogP contribution in [0.3, 0.4) is 0 Å². The third kappa shape index (κ3) is 2.07. The molecule has 1 aromatic heterocycles. The predicted molar refractivity (Wildman–Crippen MR) is 74.6 cm³/mol. The standard InChI is InChI=1S/C14H17BFN3/c1-9-8-11(10-6-4-3-5-7-10)19-12(9)17-13(18-19)14(2,15)16/h3-7,9,11H,8,15H2,1-2H3. The van der Waals surface area contributed by atoms with E-state index >= 15 is 0 Å². The number of rotatable bonds is 2. The first-order valence-corrected chi connectivity index (χ1v) is 6.67. The van der Waals surface area contributed by atoms with E-state index in [1.54, 1.807) is 0 Å². The molecule has 3 rings (SSSR count). The molecule has 0 bridgehead atoms. The second kappa shape index (κ2) is 4.18. The van der Waals surface area contributed by atoms with Crippen LogP contribution in [-0.2, 0) is 5.57 Å². The van der Waals surface area contributed by atoms with Crippen molar-refractivity contribution in [2.75, 3.05) is 0 Å². The topological polar surface area (TPSA) is 30.7 Å². The Labute approximate surface area is 113 Å². The zero-order valence-corrected chi connectivity index (χ0v) is 11.5. The Balaban J connectivity index is 2.04. The monoisotopic (exact) mass is 257 g/mol. The van der Waals surface area contributed by atoms with Gasteiger partial charge in [0.15, 0.2) is 13.7 Å². The highest BCUT2D eigenvalue weighted by Crippen LogP contribution is 2.39. The van der Waals surface area contributed by atoms with Gasteiger partial charge in [-0.25, -0.2) is 14.1 Å². The summed E-state index contributed by atoms with van der Waals surface area (Å²) in [6.45, 7) is 3.62. The Bertz CT molecular complexity index is 588. The summed E-state index contributed by atoms with van der Waals surface area (Å²) < 4.78 is 15.9. The summed E-state index contributed by atoms with van der Waals surface area (Å²) >= 11 is 0. The summed E-state index contributed by atoms with van der Waals surface area (Å²) in [6, 6.07) is 10.4. The van der Waals surface area contributed by atoms with Crippen LogP contribution in [0.2, 0.25) is 0 Å². The normalized spacial score (nSPS) is 25.0. The lowest BCUT2D eigenvalue weighted by atomic mass is 9.85. The van der Waals surface area contributed by atoms with Crippen molar-refractivity contribution in [3.63, 3.8) is 0 Å². The first-order chi connectivity index (χ1) is 8.97. The Morgan fingerprint density at radius 3 is 2.68 bits per heavy atom. The van der Waals surface area contributed by atoms with Crippen molar-refractivity contribution in [2.45, 2.75) is 37.8 Å². The predicted octanol–water partition coefficient (Wildman–Crippen LogP) is 2.15. The molecule has 3 atom stereocenters. The smallest absolute Gasteiger partial charge is 0.178 e. The molecule has 2 heterocycles. The number of aromatic nitrogens is 3. The molecule has 98 valence electrons. The van der Waals surface area contributed by atoms with E-state index in [-0.39, 0.29) is 11.9 Å². The lowest BCUT2D eigenvalue weighted by molar-refractivity contribution is 0.293. The maximum atomic E-state index is 14.0. The fourth-order valence-corrected chi connectivity index (χ4v) is 2.65. The fourth-order valence-electron chi connectivity index (χ4n) is 2.65. The van der Waals surface area contributed by atoms with Gasteiger partial charge in [-0.15, -0.1) is 0 Å². The van der Waals surface area contributed by atoms with Gasteiger partial charge in [-0.1, -0.05) is 37.3 Å². The van der Waals surface area contributed by atoms with Gasteiger partial charge < -0.3 is 0 Å². The van der Waals surface area contributed by atoms with E-state index in [0.717, 1.165) is 12.2 Å². The van der Waals surface area contributed by atoms with Crippen LogP contribution in [0.4, 0.5) is 4.39 Å². The zero-order valence-electron chi connectivity index (χ0n) is 11.5. The molecule has 0 saturated carbocycles. The van der Waals surface area contributed by atoms with Gasteiger partial charge in [-0.2, -0.15) is 5.10 Å². The maximum Gasteiger partial charge on any atom is 0.178 e. The Morgan fingerprint density at radius 2 is 2.05 bits per heavy atom. The van der Waals surface area contributed by atoms with Gasteiger partial charge in [-0.3, -0.25) is 0 Å². The Kier molecular flexibility index (Phi) is 2.73. The highest BCUT2D eigenvalue weighted by molar-refractivity contribution is 6.13. The van der Waals surface area contributed by atoms with E-state index in [4.69, 9.17) is 0 Å². The molecule has 0 fully saturated rings. The Morgan fingerprint density at radius 1 is 1.37 bits per heavy atom. The molecule has 3 nitrogen and oxygen atoms in total. The minimum absolute atomic E-state index is 0.176. The number of fused-ring (bicyclic) bond motifs is 1. The summed E-state index contributed by atoms with van der Waals surface area (Å²) in [5.41, 5.74) is -0.278. The zero-order chi connectivity index (χ0) is 13.6. The van der Waals surface area contributed by atoms with Crippen LogP contribution in [0.1, 0.15) is 49.4 Å². The lowest BCUT2D eigenvalue weighted by Gasteiger charge is -2.13. The van der Waals surface area contributed by atoms with Gasteiger partial charge in [-0.05, 0) is 18.9 Å². The maximum absolute atomic E-state index is 14.0. The quantitative estimate of drug-likeness (QED) is 0.772. The van der Waals surface area contributed by atoms with Crippen LogP contribution in [0, 0.1) is 0 Å². The molecule has 0 N–H and O–H groups in total. The molecule has 0 radical (unpaired) electrons. The third-order valence-electron chi connectivity index (χ3n) is 3.69. The van der Waals surface area contributed by atoms with E-state index in [9.17, 15) is 4.39 Å². The van der Waals surface area contributed by atoms with Crippen LogP contribution >= 0.6 is 0 Å². The van der Waals surface area contributed by atoms with Crippen LogP contribution in [0.15, 0.2) is 30.3 Å². The van der Waals surface area contributed by atoms with Crippen molar-refractivity contribution >= 4 is 7.85 Å². The van der Waals surface area contributed by atoms with E-state index in [1.807, 2.05) is 22.9 Å². The summed E-state index contributed by atoms with van der Waals surface area (Å²) in [4.78, 5) is 4.40. The summed E-state index contributed by atoms with van der Waals surface area (Å²) in [5.74, 6) is 1.50. The second-order valence-electron chi connectivity index (χ2n) is 5.77. The Hall–Kier alpha value is -1.65. The van der Waals surface area contributed by atoms with Gasteiger partial charge in [0, 0.05) is 5.92 Å². The van der Waals surface area contributed by atoms with E-state index in [1.165, 1.54) is 20.3 Å². The highest BCUT2D eigenvalue weighted by atomic mass is 19.1. The molecule has 0 amide bonds. The molecular formula is C14H17BFN3. The van der Waals surface area contributed by atoms with Crippen molar-refractivity contribution in [3.05, 3.63) is 47.5 Å². The van der Waals surface area contributed by atoms with Crippen LogP contribution in [0.5, 0.6) is 0 Å². The van der Waals surface area contributed by atoms with E-state index in [2.05, 4.69) is 29.1 Å². The molecule has 0 saturated heterocycles.